The van der Waals surface area contributed by atoms with E-state index < -0.39 is 6.10 Å². The first kappa shape index (κ1) is 8.97. The van der Waals surface area contributed by atoms with E-state index in [-0.39, 0.29) is 0 Å². The SMILES string of the molecule is CC(O)c1cn[nH]c1-c1ccccc1. The Morgan fingerprint density at radius 3 is 2.64 bits per heavy atom. The molecule has 14 heavy (non-hydrogen) atoms. The zero-order valence-corrected chi connectivity index (χ0v) is 7.94. The molecule has 2 aromatic rings. The molecule has 1 atom stereocenters. The second-order valence-electron chi connectivity index (χ2n) is 3.24. The summed E-state index contributed by atoms with van der Waals surface area (Å²) in [4.78, 5) is 0. The Bertz CT molecular complexity index is 406. The van der Waals surface area contributed by atoms with Gasteiger partial charge < -0.3 is 5.11 Å². The van der Waals surface area contributed by atoms with Crippen LogP contribution < -0.4 is 0 Å². The highest BCUT2D eigenvalue weighted by molar-refractivity contribution is 5.62. The lowest BCUT2D eigenvalue weighted by Crippen LogP contribution is -1.91. The minimum absolute atomic E-state index is 0.496. The summed E-state index contributed by atoms with van der Waals surface area (Å²) in [7, 11) is 0. The van der Waals surface area contributed by atoms with Crippen molar-refractivity contribution in [1.82, 2.24) is 10.2 Å². The van der Waals surface area contributed by atoms with Gasteiger partial charge in [-0.3, -0.25) is 5.10 Å². The summed E-state index contributed by atoms with van der Waals surface area (Å²) in [5.41, 5.74) is 2.76. The molecule has 2 rings (SSSR count). The molecule has 3 nitrogen and oxygen atoms in total. The number of H-pyrrole nitrogens is 1. The van der Waals surface area contributed by atoms with E-state index in [1.165, 1.54) is 0 Å². The fraction of sp³-hybridized carbons (Fsp3) is 0.182. The third-order valence-electron chi connectivity index (χ3n) is 2.18. The van der Waals surface area contributed by atoms with Gasteiger partial charge in [0.2, 0.25) is 0 Å². The Kier molecular flexibility index (Phi) is 2.33. The standard InChI is InChI=1S/C11H12N2O/c1-8(14)10-7-12-13-11(10)9-5-3-2-4-6-9/h2-8,14H,1H3,(H,12,13). The number of benzene rings is 1. The maximum Gasteiger partial charge on any atom is 0.0798 e. The first-order valence-electron chi connectivity index (χ1n) is 4.56. The molecule has 1 aromatic heterocycles. The van der Waals surface area contributed by atoms with Gasteiger partial charge in [-0.05, 0) is 12.5 Å². The monoisotopic (exact) mass is 188 g/mol. The number of nitrogens with one attached hydrogen (secondary N) is 1. The van der Waals surface area contributed by atoms with E-state index in [0.717, 1.165) is 16.8 Å². The van der Waals surface area contributed by atoms with Crippen molar-refractivity contribution >= 4 is 0 Å². The molecule has 0 aliphatic rings. The van der Waals surface area contributed by atoms with Gasteiger partial charge in [-0.25, -0.2) is 0 Å². The maximum atomic E-state index is 9.49. The van der Waals surface area contributed by atoms with Gasteiger partial charge in [0.05, 0.1) is 18.0 Å². The Morgan fingerprint density at radius 2 is 2.00 bits per heavy atom. The zero-order chi connectivity index (χ0) is 9.97. The van der Waals surface area contributed by atoms with E-state index in [1.54, 1.807) is 13.1 Å². The summed E-state index contributed by atoms with van der Waals surface area (Å²) in [6.45, 7) is 1.73. The van der Waals surface area contributed by atoms with Crippen LogP contribution in [-0.4, -0.2) is 15.3 Å². The van der Waals surface area contributed by atoms with Crippen molar-refractivity contribution in [2.24, 2.45) is 0 Å². The van der Waals surface area contributed by atoms with Crippen LogP contribution in [0.3, 0.4) is 0 Å². The highest BCUT2D eigenvalue weighted by Crippen LogP contribution is 2.25. The van der Waals surface area contributed by atoms with Crippen LogP contribution in [0.4, 0.5) is 0 Å². The molecule has 0 aliphatic heterocycles. The number of aromatic amines is 1. The molecule has 0 bridgehead atoms. The predicted octanol–water partition coefficient (Wildman–Crippen LogP) is 2.13. The highest BCUT2D eigenvalue weighted by atomic mass is 16.3. The fourth-order valence-corrected chi connectivity index (χ4v) is 1.45. The average Bonchev–Trinajstić information content (AvgIpc) is 2.67. The van der Waals surface area contributed by atoms with Gasteiger partial charge in [-0.2, -0.15) is 5.10 Å². The number of nitrogens with zero attached hydrogens (tertiary/aromatic N) is 1. The van der Waals surface area contributed by atoms with Gasteiger partial charge in [0.15, 0.2) is 0 Å². The van der Waals surface area contributed by atoms with Crippen molar-refractivity contribution < 1.29 is 5.11 Å². The summed E-state index contributed by atoms with van der Waals surface area (Å²) in [6, 6.07) is 9.85. The first-order chi connectivity index (χ1) is 6.79. The minimum Gasteiger partial charge on any atom is -0.389 e. The van der Waals surface area contributed by atoms with Gasteiger partial charge in [0, 0.05) is 5.56 Å². The van der Waals surface area contributed by atoms with E-state index in [1.807, 2.05) is 30.3 Å². The van der Waals surface area contributed by atoms with Crippen molar-refractivity contribution in [2.75, 3.05) is 0 Å². The molecule has 0 amide bonds. The predicted molar refractivity (Wildman–Crippen MR) is 54.7 cm³/mol. The molecule has 0 radical (unpaired) electrons. The minimum atomic E-state index is -0.496. The molecule has 1 heterocycles. The molecule has 2 N–H and O–H groups in total. The van der Waals surface area contributed by atoms with E-state index >= 15 is 0 Å². The lowest BCUT2D eigenvalue weighted by Gasteiger charge is -2.04. The topological polar surface area (TPSA) is 48.9 Å². The molecular formula is C11H12N2O. The average molecular weight is 188 g/mol. The van der Waals surface area contributed by atoms with Crippen LogP contribution in [0.25, 0.3) is 11.3 Å². The Morgan fingerprint density at radius 1 is 1.29 bits per heavy atom. The largest absolute Gasteiger partial charge is 0.389 e. The highest BCUT2D eigenvalue weighted by Gasteiger charge is 2.10. The molecule has 0 aliphatic carbocycles. The van der Waals surface area contributed by atoms with Crippen molar-refractivity contribution in [1.29, 1.82) is 0 Å². The van der Waals surface area contributed by atoms with Crippen LogP contribution in [0.2, 0.25) is 0 Å². The van der Waals surface area contributed by atoms with E-state index in [0.29, 0.717) is 0 Å². The van der Waals surface area contributed by atoms with E-state index in [9.17, 15) is 5.11 Å². The third-order valence-corrected chi connectivity index (χ3v) is 2.18. The van der Waals surface area contributed by atoms with Crippen LogP contribution in [-0.2, 0) is 0 Å². The quantitative estimate of drug-likeness (QED) is 0.758. The lowest BCUT2D eigenvalue weighted by atomic mass is 10.1. The van der Waals surface area contributed by atoms with Gasteiger partial charge >= 0.3 is 0 Å². The van der Waals surface area contributed by atoms with Gasteiger partial charge in [0.1, 0.15) is 0 Å². The normalized spacial score (nSPS) is 12.7. The van der Waals surface area contributed by atoms with Crippen LogP contribution >= 0.6 is 0 Å². The molecule has 72 valence electrons. The van der Waals surface area contributed by atoms with Crippen molar-refractivity contribution in [2.45, 2.75) is 13.0 Å². The molecule has 0 saturated heterocycles. The number of hydrogen-bond donors (Lipinski definition) is 2. The fourth-order valence-electron chi connectivity index (χ4n) is 1.45. The maximum absolute atomic E-state index is 9.49. The van der Waals surface area contributed by atoms with Gasteiger partial charge in [0.25, 0.3) is 0 Å². The first-order valence-corrected chi connectivity index (χ1v) is 4.56. The van der Waals surface area contributed by atoms with Gasteiger partial charge in [-0.15, -0.1) is 0 Å². The van der Waals surface area contributed by atoms with Gasteiger partial charge in [-0.1, -0.05) is 30.3 Å². The zero-order valence-electron chi connectivity index (χ0n) is 7.94. The van der Waals surface area contributed by atoms with Crippen molar-refractivity contribution in [3.8, 4) is 11.3 Å². The summed E-state index contributed by atoms with van der Waals surface area (Å²) in [5.74, 6) is 0. The molecule has 0 spiro atoms. The van der Waals surface area contributed by atoms with Crippen molar-refractivity contribution in [3.05, 3.63) is 42.1 Å². The summed E-state index contributed by atoms with van der Waals surface area (Å²) < 4.78 is 0. The Balaban J connectivity index is 2.47. The van der Waals surface area contributed by atoms with Crippen LogP contribution in [0.15, 0.2) is 36.5 Å². The summed E-state index contributed by atoms with van der Waals surface area (Å²) >= 11 is 0. The summed E-state index contributed by atoms with van der Waals surface area (Å²) in [5, 5.41) is 16.3. The number of rotatable bonds is 2. The number of aliphatic hydroxyl groups is 1. The Hall–Kier alpha value is -1.61. The van der Waals surface area contributed by atoms with Crippen molar-refractivity contribution in [3.63, 3.8) is 0 Å². The molecular weight excluding hydrogens is 176 g/mol. The van der Waals surface area contributed by atoms with Crippen LogP contribution in [0, 0.1) is 0 Å². The lowest BCUT2D eigenvalue weighted by molar-refractivity contribution is 0.200. The Labute approximate surface area is 82.4 Å². The summed E-state index contributed by atoms with van der Waals surface area (Å²) in [6.07, 6.45) is 1.16. The third kappa shape index (κ3) is 1.54. The molecule has 1 unspecified atom stereocenters. The second-order valence-corrected chi connectivity index (χ2v) is 3.24. The molecule has 0 saturated carbocycles. The molecule has 3 heteroatoms. The number of aliphatic hydroxyl groups excluding tert-OH is 1. The van der Waals surface area contributed by atoms with Crippen LogP contribution in [0.5, 0.6) is 0 Å². The van der Waals surface area contributed by atoms with E-state index in [2.05, 4.69) is 10.2 Å². The number of hydrogen-bond acceptors (Lipinski definition) is 2. The van der Waals surface area contributed by atoms with E-state index in [4.69, 9.17) is 0 Å². The number of aromatic nitrogens is 2. The molecule has 0 fully saturated rings. The second kappa shape index (κ2) is 3.64. The van der Waals surface area contributed by atoms with Crippen LogP contribution in [0.1, 0.15) is 18.6 Å². The smallest absolute Gasteiger partial charge is 0.0798 e. The molecule has 1 aromatic carbocycles.